The molecule has 0 radical (unpaired) electrons. The smallest absolute Gasteiger partial charge is 0.317 e. The molecule has 0 heterocycles. The molecule has 0 saturated heterocycles. The SMILES string of the molecule is CC(CCN(C)C)NCC(=O)O. The van der Waals surface area contributed by atoms with Crippen LogP contribution in [0.1, 0.15) is 13.3 Å². The van der Waals surface area contributed by atoms with Gasteiger partial charge in [-0.1, -0.05) is 0 Å². The largest absolute Gasteiger partial charge is 0.480 e. The molecule has 4 heteroatoms. The van der Waals surface area contributed by atoms with Gasteiger partial charge >= 0.3 is 5.97 Å². The van der Waals surface area contributed by atoms with Crippen LogP contribution in [0.2, 0.25) is 0 Å². The fourth-order valence-corrected chi connectivity index (χ4v) is 0.815. The summed E-state index contributed by atoms with van der Waals surface area (Å²) >= 11 is 0. The molecule has 0 aromatic rings. The van der Waals surface area contributed by atoms with Gasteiger partial charge in [-0.3, -0.25) is 4.79 Å². The fraction of sp³-hybridized carbons (Fsp3) is 0.875. The van der Waals surface area contributed by atoms with Gasteiger partial charge in [0, 0.05) is 6.04 Å². The van der Waals surface area contributed by atoms with Crippen LogP contribution in [0, 0.1) is 0 Å². The van der Waals surface area contributed by atoms with Crippen molar-refractivity contribution in [2.45, 2.75) is 19.4 Å². The third-order valence-electron chi connectivity index (χ3n) is 1.61. The minimum Gasteiger partial charge on any atom is -0.480 e. The molecule has 0 aliphatic heterocycles. The lowest BCUT2D eigenvalue weighted by molar-refractivity contribution is -0.136. The zero-order valence-corrected chi connectivity index (χ0v) is 8.00. The van der Waals surface area contributed by atoms with Crippen LogP contribution >= 0.6 is 0 Å². The van der Waals surface area contributed by atoms with Gasteiger partial charge in [-0.2, -0.15) is 0 Å². The summed E-state index contributed by atoms with van der Waals surface area (Å²) in [5.41, 5.74) is 0. The van der Waals surface area contributed by atoms with Crippen molar-refractivity contribution in [3.8, 4) is 0 Å². The molecule has 12 heavy (non-hydrogen) atoms. The molecule has 0 aromatic carbocycles. The second kappa shape index (κ2) is 5.97. The normalized spacial score (nSPS) is 13.3. The molecule has 0 spiro atoms. The molecule has 0 aliphatic rings. The molecule has 0 aromatic heterocycles. The molecule has 2 N–H and O–H groups in total. The van der Waals surface area contributed by atoms with Crippen molar-refractivity contribution in [2.24, 2.45) is 0 Å². The summed E-state index contributed by atoms with van der Waals surface area (Å²) in [6.07, 6.45) is 0.972. The van der Waals surface area contributed by atoms with Crippen LogP contribution in [-0.4, -0.2) is 49.2 Å². The molecule has 0 rings (SSSR count). The molecule has 0 amide bonds. The number of carboxylic acid groups (broad SMARTS) is 1. The van der Waals surface area contributed by atoms with Crippen LogP contribution in [0.25, 0.3) is 0 Å². The van der Waals surface area contributed by atoms with Gasteiger partial charge in [0.05, 0.1) is 6.54 Å². The Hall–Kier alpha value is -0.610. The second-order valence-electron chi connectivity index (χ2n) is 3.27. The highest BCUT2D eigenvalue weighted by molar-refractivity contribution is 5.69. The lowest BCUT2D eigenvalue weighted by atomic mass is 10.2. The maximum atomic E-state index is 10.2. The summed E-state index contributed by atoms with van der Waals surface area (Å²) in [5, 5.41) is 11.3. The summed E-state index contributed by atoms with van der Waals surface area (Å²) in [6, 6.07) is 0.267. The van der Waals surface area contributed by atoms with Gasteiger partial charge in [0.15, 0.2) is 0 Å². The van der Waals surface area contributed by atoms with Gasteiger partial charge in [-0.25, -0.2) is 0 Å². The second-order valence-corrected chi connectivity index (χ2v) is 3.27. The van der Waals surface area contributed by atoms with Crippen LogP contribution in [0.5, 0.6) is 0 Å². The number of hydrogen-bond acceptors (Lipinski definition) is 3. The van der Waals surface area contributed by atoms with Gasteiger partial charge in [0.25, 0.3) is 0 Å². The van der Waals surface area contributed by atoms with Gasteiger partial charge in [0.2, 0.25) is 0 Å². The lowest BCUT2D eigenvalue weighted by Crippen LogP contribution is -2.33. The Kier molecular flexibility index (Phi) is 5.66. The van der Waals surface area contributed by atoms with Crippen LogP contribution in [0.4, 0.5) is 0 Å². The Labute approximate surface area is 73.6 Å². The van der Waals surface area contributed by atoms with E-state index in [1.165, 1.54) is 0 Å². The van der Waals surface area contributed by atoms with Crippen molar-refractivity contribution >= 4 is 5.97 Å². The molecule has 72 valence electrons. The third kappa shape index (κ3) is 7.50. The van der Waals surface area contributed by atoms with Crippen molar-refractivity contribution in [1.82, 2.24) is 10.2 Å². The number of aliphatic carboxylic acids is 1. The van der Waals surface area contributed by atoms with Gasteiger partial charge in [0.1, 0.15) is 0 Å². The van der Waals surface area contributed by atoms with Crippen molar-refractivity contribution < 1.29 is 9.90 Å². The summed E-state index contributed by atoms with van der Waals surface area (Å²) in [4.78, 5) is 12.3. The van der Waals surface area contributed by atoms with Crippen LogP contribution in [0.3, 0.4) is 0 Å². The quantitative estimate of drug-likeness (QED) is 0.595. The van der Waals surface area contributed by atoms with E-state index >= 15 is 0 Å². The first-order valence-corrected chi connectivity index (χ1v) is 4.12. The maximum Gasteiger partial charge on any atom is 0.317 e. The maximum absolute atomic E-state index is 10.2. The third-order valence-corrected chi connectivity index (χ3v) is 1.61. The number of carbonyl (C=O) groups is 1. The Bertz CT molecular complexity index is 137. The Morgan fingerprint density at radius 1 is 1.58 bits per heavy atom. The molecular weight excluding hydrogens is 156 g/mol. The van der Waals surface area contributed by atoms with E-state index in [0.29, 0.717) is 0 Å². The molecule has 0 fully saturated rings. The van der Waals surface area contributed by atoms with Crippen molar-refractivity contribution in [1.29, 1.82) is 0 Å². The molecule has 0 aliphatic carbocycles. The molecular formula is C8H18N2O2. The topological polar surface area (TPSA) is 52.6 Å². The molecule has 1 atom stereocenters. The molecule has 1 unspecified atom stereocenters. The van der Waals surface area contributed by atoms with E-state index in [0.717, 1.165) is 13.0 Å². The van der Waals surface area contributed by atoms with Gasteiger partial charge in [-0.15, -0.1) is 0 Å². The molecule has 0 bridgehead atoms. The van der Waals surface area contributed by atoms with Crippen LogP contribution in [0.15, 0.2) is 0 Å². The molecule has 4 nitrogen and oxygen atoms in total. The van der Waals surface area contributed by atoms with E-state index < -0.39 is 5.97 Å². The van der Waals surface area contributed by atoms with E-state index in [9.17, 15) is 4.79 Å². The zero-order valence-electron chi connectivity index (χ0n) is 8.00. The Morgan fingerprint density at radius 3 is 2.58 bits per heavy atom. The van der Waals surface area contributed by atoms with Crippen LogP contribution in [-0.2, 0) is 4.79 Å². The average molecular weight is 174 g/mol. The van der Waals surface area contributed by atoms with Crippen LogP contribution < -0.4 is 5.32 Å². The number of carboxylic acids is 1. The number of nitrogens with zero attached hydrogens (tertiary/aromatic N) is 1. The highest BCUT2D eigenvalue weighted by Gasteiger charge is 2.03. The number of nitrogens with one attached hydrogen (secondary N) is 1. The Balaban J connectivity index is 3.33. The molecule has 0 saturated carbocycles. The monoisotopic (exact) mass is 174 g/mol. The minimum atomic E-state index is -0.799. The van der Waals surface area contributed by atoms with Gasteiger partial charge in [-0.05, 0) is 34.0 Å². The van der Waals surface area contributed by atoms with E-state index in [1.54, 1.807) is 0 Å². The van der Waals surface area contributed by atoms with Crippen molar-refractivity contribution in [3.63, 3.8) is 0 Å². The van der Waals surface area contributed by atoms with E-state index in [-0.39, 0.29) is 12.6 Å². The summed E-state index contributed by atoms with van der Waals surface area (Å²) < 4.78 is 0. The van der Waals surface area contributed by atoms with Gasteiger partial charge < -0.3 is 15.3 Å². The lowest BCUT2D eigenvalue weighted by Gasteiger charge is -2.15. The number of hydrogen-bond donors (Lipinski definition) is 2. The minimum absolute atomic E-state index is 0.0502. The van der Waals surface area contributed by atoms with Crippen molar-refractivity contribution in [2.75, 3.05) is 27.2 Å². The Morgan fingerprint density at radius 2 is 2.17 bits per heavy atom. The first kappa shape index (κ1) is 11.4. The highest BCUT2D eigenvalue weighted by Crippen LogP contribution is 1.90. The van der Waals surface area contributed by atoms with Crippen molar-refractivity contribution in [3.05, 3.63) is 0 Å². The highest BCUT2D eigenvalue weighted by atomic mass is 16.4. The first-order valence-electron chi connectivity index (χ1n) is 4.12. The number of rotatable bonds is 6. The van der Waals surface area contributed by atoms with E-state index in [1.807, 2.05) is 21.0 Å². The zero-order chi connectivity index (χ0) is 9.56. The predicted molar refractivity (Wildman–Crippen MR) is 48.3 cm³/mol. The summed E-state index contributed by atoms with van der Waals surface area (Å²) in [5.74, 6) is -0.799. The summed E-state index contributed by atoms with van der Waals surface area (Å²) in [6.45, 7) is 3.02. The predicted octanol–water partition coefficient (Wildman–Crippen LogP) is 0.000800. The average Bonchev–Trinajstić information content (AvgIpc) is 1.96. The van der Waals surface area contributed by atoms with E-state index in [2.05, 4.69) is 10.2 Å². The standard InChI is InChI=1S/C8H18N2O2/c1-7(4-5-10(2)3)9-6-8(11)12/h7,9H,4-6H2,1-3H3,(H,11,12). The first-order chi connectivity index (χ1) is 5.52. The fourth-order valence-electron chi connectivity index (χ4n) is 0.815. The van der Waals surface area contributed by atoms with E-state index in [4.69, 9.17) is 5.11 Å². The summed E-state index contributed by atoms with van der Waals surface area (Å²) in [7, 11) is 4.01.